The molecule has 0 heterocycles. The molecule has 0 aliphatic heterocycles. The van der Waals surface area contributed by atoms with Gasteiger partial charge in [0.05, 0.1) is 24.7 Å². The summed E-state index contributed by atoms with van der Waals surface area (Å²) in [5, 5.41) is 9.73. The summed E-state index contributed by atoms with van der Waals surface area (Å²) in [5.74, 6) is -0.334. The summed E-state index contributed by atoms with van der Waals surface area (Å²) in [4.78, 5) is 11.0. The van der Waals surface area contributed by atoms with Crippen molar-refractivity contribution in [1.29, 1.82) is 0 Å². The van der Waals surface area contributed by atoms with Crippen LogP contribution in [0.25, 0.3) is 0 Å². The van der Waals surface area contributed by atoms with Crippen molar-refractivity contribution in [2.75, 3.05) is 13.7 Å². The van der Waals surface area contributed by atoms with Crippen LogP contribution in [0.2, 0.25) is 0 Å². The first kappa shape index (κ1) is 10.5. The van der Waals surface area contributed by atoms with E-state index in [1.165, 1.54) is 0 Å². The molecular weight excluding hydrogens is 172 g/mol. The molecule has 0 radical (unpaired) electrons. The standard InChI is InChI=1S/C9H16O4/c1-3-13-8(10)6-9(11)4-7(5-9)12-2/h7,11H,3-6H2,1-2H3. The summed E-state index contributed by atoms with van der Waals surface area (Å²) in [6.07, 6.45) is 1.24. The monoisotopic (exact) mass is 188 g/mol. The van der Waals surface area contributed by atoms with Gasteiger partial charge in [-0.05, 0) is 6.92 Å². The quantitative estimate of drug-likeness (QED) is 0.652. The van der Waals surface area contributed by atoms with Gasteiger partial charge in [-0.25, -0.2) is 0 Å². The lowest BCUT2D eigenvalue weighted by atomic mass is 9.75. The Labute approximate surface area is 77.8 Å². The molecule has 0 atom stereocenters. The highest BCUT2D eigenvalue weighted by molar-refractivity contribution is 5.70. The van der Waals surface area contributed by atoms with Gasteiger partial charge in [-0.3, -0.25) is 4.79 Å². The molecular formula is C9H16O4. The van der Waals surface area contributed by atoms with Crippen molar-refractivity contribution < 1.29 is 19.4 Å². The molecule has 0 bridgehead atoms. The zero-order chi connectivity index (χ0) is 9.90. The summed E-state index contributed by atoms with van der Waals surface area (Å²) >= 11 is 0. The van der Waals surface area contributed by atoms with Gasteiger partial charge in [-0.1, -0.05) is 0 Å². The van der Waals surface area contributed by atoms with E-state index >= 15 is 0 Å². The fourth-order valence-corrected chi connectivity index (χ4v) is 1.58. The van der Waals surface area contributed by atoms with E-state index in [0.717, 1.165) is 0 Å². The van der Waals surface area contributed by atoms with E-state index in [0.29, 0.717) is 19.4 Å². The molecule has 0 saturated heterocycles. The predicted molar refractivity (Wildman–Crippen MR) is 46.2 cm³/mol. The number of carbonyl (C=O) groups excluding carboxylic acids is 1. The minimum absolute atomic E-state index is 0.0840. The molecule has 0 amide bonds. The summed E-state index contributed by atoms with van der Waals surface area (Å²) in [7, 11) is 1.61. The van der Waals surface area contributed by atoms with Crippen LogP contribution in [-0.4, -0.2) is 36.5 Å². The second-order valence-electron chi connectivity index (χ2n) is 3.47. The highest BCUT2D eigenvalue weighted by atomic mass is 16.5. The van der Waals surface area contributed by atoms with Crippen LogP contribution in [0.5, 0.6) is 0 Å². The van der Waals surface area contributed by atoms with Gasteiger partial charge in [-0.15, -0.1) is 0 Å². The van der Waals surface area contributed by atoms with Crippen molar-refractivity contribution in [3.8, 4) is 0 Å². The van der Waals surface area contributed by atoms with Crippen LogP contribution in [0, 0.1) is 0 Å². The van der Waals surface area contributed by atoms with Crippen LogP contribution >= 0.6 is 0 Å². The molecule has 1 aliphatic rings. The first-order valence-corrected chi connectivity index (χ1v) is 4.50. The number of carbonyl (C=O) groups is 1. The minimum Gasteiger partial charge on any atom is -0.466 e. The van der Waals surface area contributed by atoms with E-state index in [1.54, 1.807) is 14.0 Å². The van der Waals surface area contributed by atoms with Gasteiger partial charge in [0.2, 0.25) is 0 Å². The lowest BCUT2D eigenvalue weighted by Gasteiger charge is -2.41. The summed E-state index contributed by atoms with van der Waals surface area (Å²) < 4.78 is 9.75. The Hall–Kier alpha value is -0.610. The molecule has 1 saturated carbocycles. The maximum atomic E-state index is 11.0. The average Bonchev–Trinajstić information content (AvgIpc) is 2.00. The predicted octanol–water partition coefficient (Wildman–Crippen LogP) is 0.480. The second-order valence-corrected chi connectivity index (χ2v) is 3.47. The molecule has 76 valence electrons. The maximum absolute atomic E-state index is 11.0. The van der Waals surface area contributed by atoms with Gasteiger partial charge >= 0.3 is 5.97 Å². The van der Waals surface area contributed by atoms with Crippen molar-refractivity contribution in [1.82, 2.24) is 0 Å². The molecule has 13 heavy (non-hydrogen) atoms. The summed E-state index contributed by atoms with van der Waals surface area (Å²) in [6, 6.07) is 0. The number of esters is 1. The Balaban J connectivity index is 2.26. The smallest absolute Gasteiger partial charge is 0.308 e. The van der Waals surface area contributed by atoms with Gasteiger partial charge < -0.3 is 14.6 Å². The number of ether oxygens (including phenoxy) is 2. The van der Waals surface area contributed by atoms with Crippen LogP contribution in [-0.2, 0) is 14.3 Å². The molecule has 1 aliphatic carbocycles. The fraction of sp³-hybridized carbons (Fsp3) is 0.889. The average molecular weight is 188 g/mol. The fourth-order valence-electron chi connectivity index (χ4n) is 1.58. The maximum Gasteiger partial charge on any atom is 0.308 e. The Morgan fingerprint density at radius 2 is 2.23 bits per heavy atom. The third kappa shape index (κ3) is 2.67. The van der Waals surface area contributed by atoms with Crippen LogP contribution in [0.1, 0.15) is 26.2 Å². The number of aliphatic hydroxyl groups is 1. The zero-order valence-corrected chi connectivity index (χ0v) is 8.08. The number of methoxy groups -OCH3 is 1. The third-order valence-electron chi connectivity index (χ3n) is 2.33. The van der Waals surface area contributed by atoms with E-state index in [9.17, 15) is 9.90 Å². The molecule has 0 aromatic heterocycles. The van der Waals surface area contributed by atoms with Crippen molar-refractivity contribution >= 4 is 5.97 Å². The van der Waals surface area contributed by atoms with E-state index in [2.05, 4.69) is 0 Å². The van der Waals surface area contributed by atoms with E-state index in [4.69, 9.17) is 9.47 Å². The molecule has 4 heteroatoms. The van der Waals surface area contributed by atoms with E-state index in [1.807, 2.05) is 0 Å². The summed E-state index contributed by atoms with van der Waals surface area (Å²) in [6.45, 7) is 2.11. The van der Waals surface area contributed by atoms with E-state index in [-0.39, 0.29) is 18.5 Å². The minimum atomic E-state index is -0.882. The molecule has 1 rings (SSSR count). The lowest BCUT2D eigenvalue weighted by Crippen LogP contribution is -2.49. The molecule has 4 nitrogen and oxygen atoms in total. The second kappa shape index (κ2) is 4.07. The van der Waals surface area contributed by atoms with Gasteiger partial charge in [0.15, 0.2) is 0 Å². The highest BCUT2D eigenvalue weighted by Gasteiger charge is 2.44. The van der Waals surface area contributed by atoms with Crippen LogP contribution in [0.4, 0.5) is 0 Å². The lowest BCUT2D eigenvalue weighted by molar-refractivity contribution is -0.164. The molecule has 1 N–H and O–H groups in total. The molecule has 1 fully saturated rings. The number of rotatable bonds is 4. The molecule has 0 spiro atoms. The van der Waals surface area contributed by atoms with Gasteiger partial charge in [-0.2, -0.15) is 0 Å². The van der Waals surface area contributed by atoms with Gasteiger partial charge in [0.1, 0.15) is 0 Å². The Morgan fingerprint density at radius 3 is 2.69 bits per heavy atom. The molecule has 0 unspecified atom stereocenters. The van der Waals surface area contributed by atoms with Gasteiger partial charge in [0, 0.05) is 20.0 Å². The van der Waals surface area contributed by atoms with Crippen molar-refractivity contribution in [3.63, 3.8) is 0 Å². The summed E-state index contributed by atoms with van der Waals surface area (Å²) in [5.41, 5.74) is -0.882. The first-order chi connectivity index (χ1) is 6.09. The van der Waals surface area contributed by atoms with Crippen molar-refractivity contribution in [2.24, 2.45) is 0 Å². The Morgan fingerprint density at radius 1 is 1.62 bits per heavy atom. The SMILES string of the molecule is CCOC(=O)CC1(O)CC(OC)C1. The molecule has 0 aromatic rings. The van der Waals surface area contributed by atoms with Crippen LogP contribution < -0.4 is 0 Å². The molecule has 0 aromatic carbocycles. The van der Waals surface area contributed by atoms with Crippen LogP contribution in [0.3, 0.4) is 0 Å². The van der Waals surface area contributed by atoms with Crippen LogP contribution in [0.15, 0.2) is 0 Å². The largest absolute Gasteiger partial charge is 0.466 e. The third-order valence-corrected chi connectivity index (χ3v) is 2.33. The van der Waals surface area contributed by atoms with Crippen molar-refractivity contribution in [2.45, 2.75) is 37.9 Å². The highest BCUT2D eigenvalue weighted by Crippen LogP contribution is 2.36. The van der Waals surface area contributed by atoms with Crippen molar-refractivity contribution in [3.05, 3.63) is 0 Å². The zero-order valence-electron chi connectivity index (χ0n) is 8.08. The van der Waals surface area contributed by atoms with Gasteiger partial charge in [0.25, 0.3) is 0 Å². The number of hydrogen-bond donors (Lipinski definition) is 1. The Kier molecular flexibility index (Phi) is 3.27. The normalized spacial score (nSPS) is 32.4. The Bertz CT molecular complexity index is 184. The first-order valence-electron chi connectivity index (χ1n) is 4.50. The topological polar surface area (TPSA) is 55.8 Å². The number of hydrogen-bond acceptors (Lipinski definition) is 4. The van der Waals surface area contributed by atoms with E-state index < -0.39 is 5.60 Å².